The third-order valence-electron chi connectivity index (χ3n) is 3.14. The van der Waals surface area contributed by atoms with Crippen LogP contribution in [0.3, 0.4) is 0 Å². The SMILES string of the molecule is CSCCC(C)NC(=O)NC1COc2ccccc21. The molecule has 0 radical (unpaired) electrons. The summed E-state index contributed by atoms with van der Waals surface area (Å²) in [6.07, 6.45) is 3.05. The molecule has 0 saturated carbocycles. The van der Waals surface area contributed by atoms with Crippen molar-refractivity contribution in [2.75, 3.05) is 18.6 Å². The number of nitrogens with one attached hydrogen (secondary N) is 2. The van der Waals surface area contributed by atoms with Gasteiger partial charge in [0, 0.05) is 11.6 Å². The number of para-hydroxylation sites is 1. The van der Waals surface area contributed by atoms with Gasteiger partial charge in [0.05, 0.1) is 6.04 Å². The van der Waals surface area contributed by atoms with Crippen LogP contribution >= 0.6 is 11.8 Å². The molecule has 0 aliphatic carbocycles. The van der Waals surface area contributed by atoms with Crippen molar-refractivity contribution in [1.82, 2.24) is 10.6 Å². The topological polar surface area (TPSA) is 50.4 Å². The molecule has 0 spiro atoms. The Labute approximate surface area is 118 Å². The first-order valence-corrected chi connectivity index (χ1v) is 7.87. The number of hydrogen-bond acceptors (Lipinski definition) is 3. The minimum Gasteiger partial charge on any atom is -0.491 e. The van der Waals surface area contributed by atoms with E-state index in [4.69, 9.17) is 4.74 Å². The second-order valence-corrected chi connectivity index (χ2v) is 5.69. The lowest BCUT2D eigenvalue weighted by Gasteiger charge is -2.17. The Morgan fingerprint density at radius 1 is 1.53 bits per heavy atom. The zero-order valence-corrected chi connectivity index (χ0v) is 12.1. The van der Waals surface area contributed by atoms with Crippen molar-refractivity contribution >= 4 is 17.8 Å². The molecule has 0 fully saturated rings. The van der Waals surface area contributed by atoms with Crippen LogP contribution in [0.25, 0.3) is 0 Å². The van der Waals surface area contributed by atoms with Crippen molar-refractivity contribution in [1.29, 1.82) is 0 Å². The Morgan fingerprint density at radius 3 is 3.11 bits per heavy atom. The van der Waals surface area contributed by atoms with Crippen LogP contribution < -0.4 is 15.4 Å². The highest BCUT2D eigenvalue weighted by Crippen LogP contribution is 2.31. The van der Waals surface area contributed by atoms with Crippen LogP contribution in [0.15, 0.2) is 24.3 Å². The third kappa shape index (κ3) is 3.80. The Kier molecular flexibility index (Phi) is 4.96. The second-order valence-electron chi connectivity index (χ2n) is 4.70. The highest BCUT2D eigenvalue weighted by atomic mass is 32.2. The van der Waals surface area contributed by atoms with E-state index in [1.807, 2.05) is 31.2 Å². The zero-order valence-electron chi connectivity index (χ0n) is 11.3. The standard InChI is InChI=1S/C14H20N2O2S/c1-10(7-8-19-2)15-14(17)16-12-9-18-13-6-4-3-5-11(12)13/h3-6,10,12H,7-9H2,1-2H3,(H2,15,16,17). The van der Waals surface area contributed by atoms with E-state index < -0.39 is 0 Å². The van der Waals surface area contributed by atoms with Gasteiger partial charge in [-0.3, -0.25) is 0 Å². The number of amides is 2. The lowest BCUT2D eigenvalue weighted by molar-refractivity contribution is 0.229. The van der Waals surface area contributed by atoms with Gasteiger partial charge in [-0.25, -0.2) is 4.79 Å². The molecule has 1 aromatic rings. The van der Waals surface area contributed by atoms with Gasteiger partial charge >= 0.3 is 6.03 Å². The van der Waals surface area contributed by atoms with Gasteiger partial charge in [0.15, 0.2) is 0 Å². The first kappa shape index (κ1) is 14.1. The first-order chi connectivity index (χ1) is 9.20. The highest BCUT2D eigenvalue weighted by molar-refractivity contribution is 7.98. The lowest BCUT2D eigenvalue weighted by Crippen LogP contribution is -2.42. The van der Waals surface area contributed by atoms with Crippen LogP contribution in [0.1, 0.15) is 24.9 Å². The van der Waals surface area contributed by atoms with Crippen LogP contribution in [0.4, 0.5) is 4.79 Å². The molecular formula is C14H20N2O2S. The molecule has 2 unspecified atom stereocenters. The van der Waals surface area contributed by atoms with E-state index in [0.29, 0.717) is 6.61 Å². The maximum atomic E-state index is 11.9. The lowest BCUT2D eigenvalue weighted by atomic mass is 10.1. The number of rotatable bonds is 5. The maximum Gasteiger partial charge on any atom is 0.315 e. The van der Waals surface area contributed by atoms with Crippen LogP contribution in [-0.4, -0.2) is 30.7 Å². The number of thioether (sulfide) groups is 1. The van der Waals surface area contributed by atoms with E-state index in [-0.39, 0.29) is 18.1 Å². The van der Waals surface area contributed by atoms with E-state index >= 15 is 0 Å². The summed E-state index contributed by atoms with van der Waals surface area (Å²) in [5, 5.41) is 5.91. The van der Waals surface area contributed by atoms with Crippen LogP contribution in [0.2, 0.25) is 0 Å². The van der Waals surface area contributed by atoms with Crippen molar-refractivity contribution in [2.45, 2.75) is 25.4 Å². The van der Waals surface area contributed by atoms with Crippen molar-refractivity contribution in [3.63, 3.8) is 0 Å². The average molecular weight is 280 g/mol. The minimum absolute atomic E-state index is 0.0519. The smallest absolute Gasteiger partial charge is 0.315 e. The number of carbonyl (C=O) groups is 1. The van der Waals surface area contributed by atoms with Gasteiger partial charge in [-0.05, 0) is 31.4 Å². The van der Waals surface area contributed by atoms with Gasteiger partial charge in [0.25, 0.3) is 0 Å². The van der Waals surface area contributed by atoms with Crippen LogP contribution in [0.5, 0.6) is 5.75 Å². The largest absolute Gasteiger partial charge is 0.491 e. The minimum atomic E-state index is -0.126. The number of ether oxygens (including phenoxy) is 1. The maximum absolute atomic E-state index is 11.9. The van der Waals surface area contributed by atoms with Gasteiger partial charge < -0.3 is 15.4 Å². The molecule has 0 aromatic heterocycles. The van der Waals surface area contributed by atoms with Crippen molar-refractivity contribution < 1.29 is 9.53 Å². The predicted octanol–water partition coefficient (Wildman–Crippen LogP) is 2.56. The highest BCUT2D eigenvalue weighted by Gasteiger charge is 2.25. The molecule has 2 rings (SSSR count). The van der Waals surface area contributed by atoms with Gasteiger partial charge in [-0.15, -0.1) is 0 Å². The van der Waals surface area contributed by atoms with E-state index in [1.165, 1.54) is 0 Å². The van der Waals surface area contributed by atoms with Crippen LogP contribution in [-0.2, 0) is 0 Å². The van der Waals surface area contributed by atoms with Gasteiger partial charge in [-0.1, -0.05) is 18.2 Å². The number of benzene rings is 1. The molecule has 2 atom stereocenters. The normalized spacial score (nSPS) is 18.3. The summed E-state index contributed by atoms with van der Waals surface area (Å²) in [5.41, 5.74) is 1.05. The van der Waals surface area contributed by atoms with Gasteiger partial charge in [0.1, 0.15) is 12.4 Å². The fourth-order valence-electron chi connectivity index (χ4n) is 2.07. The summed E-state index contributed by atoms with van der Waals surface area (Å²) >= 11 is 1.79. The predicted molar refractivity (Wildman–Crippen MR) is 78.8 cm³/mol. The molecule has 4 nitrogen and oxygen atoms in total. The van der Waals surface area contributed by atoms with E-state index in [0.717, 1.165) is 23.5 Å². The Morgan fingerprint density at radius 2 is 2.32 bits per heavy atom. The van der Waals surface area contributed by atoms with Crippen molar-refractivity contribution in [3.8, 4) is 5.75 Å². The Balaban J connectivity index is 1.84. The van der Waals surface area contributed by atoms with Crippen molar-refractivity contribution in [3.05, 3.63) is 29.8 Å². The molecule has 104 valence electrons. The summed E-state index contributed by atoms with van der Waals surface area (Å²) in [6.45, 7) is 2.53. The zero-order chi connectivity index (χ0) is 13.7. The molecule has 0 saturated heterocycles. The number of hydrogen-bond donors (Lipinski definition) is 2. The number of urea groups is 1. The number of carbonyl (C=O) groups excluding carboxylic acids is 1. The Hall–Kier alpha value is -1.36. The molecule has 19 heavy (non-hydrogen) atoms. The molecule has 2 N–H and O–H groups in total. The monoisotopic (exact) mass is 280 g/mol. The van der Waals surface area contributed by atoms with Gasteiger partial charge in [-0.2, -0.15) is 11.8 Å². The third-order valence-corrected chi connectivity index (χ3v) is 3.78. The molecule has 1 aromatic carbocycles. The molecule has 2 amide bonds. The molecule has 1 heterocycles. The van der Waals surface area contributed by atoms with Crippen LogP contribution in [0, 0.1) is 0 Å². The van der Waals surface area contributed by atoms with E-state index in [1.54, 1.807) is 11.8 Å². The molecular weight excluding hydrogens is 260 g/mol. The Bertz CT molecular complexity index is 439. The fraction of sp³-hybridized carbons (Fsp3) is 0.500. The quantitative estimate of drug-likeness (QED) is 0.871. The molecule has 1 aliphatic heterocycles. The van der Waals surface area contributed by atoms with E-state index in [2.05, 4.69) is 16.9 Å². The first-order valence-electron chi connectivity index (χ1n) is 6.48. The summed E-state index contributed by atoms with van der Waals surface area (Å²) in [5.74, 6) is 1.92. The summed E-state index contributed by atoms with van der Waals surface area (Å²) in [7, 11) is 0. The van der Waals surface area contributed by atoms with E-state index in [9.17, 15) is 4.79 Å². The molecule has 0 bridgehead atoms. The summed E-state index contributed by atoms with van der Waals surface area (Å²) in [4.78, 5) is 11.9. The average Bonchev–Trinajstić information content (AvgIpc) is 2.80. The summed E-state index contributed by atoms with van der Waals surface area (Å²) in [6, 6.07) is 7.82. The number of fused-ring (bicyclic) bond motifs is 1. The van der Waals surface area contributed by atoms with Gasteiger partial charge in [0.2, 0.25) is 0 Å². The molecule has 1 aliphatic rings. The fourth-order valence-corrected chi connectivity index (χ4v) is 2.66. The summed E-state index contributed by atoms with van der Waals surface area (Å²) < 4.78 is 5.54. The second kappa shape index (κ2) is 6.70. The van der Waals surface area contributed by atoms with Crippen molar-refractivity contribution in [2.24, 2.45) is 0 Å². The molecule has 5 heteroatoms.